The number of aromatic nitrogens is 1. The van der Waals surface area contributed by atoms with Crippen molar-refractivity contribution in [1.82, 2.24) is 10.1 Å². The van der Waals surface area contributed by atoms with Crippen molar-refractivity contribution in [2.24, 2.45) is 0 Å². The van der Waals surface area contributed by atoms with Gasteiger partial charge in [0.05, 0.1) is 12.3 Å². The molecule has 16 heavy (non-hydrogen) atoms. The Morgan fingerprint density at radius 3 is 2.62 bits per heavy atom. The van der Waals surface area contributed by atoms with Crippen LogP contribution in [-0.4, -0.2) is 34.4 Å². The Morgan fingerprint density at radius 1 is 1.44 bits per heavy atom. The molecule has 0 bridgehead atoms. The van der Waals surface area contributed by atoms with Gasteiger partial charge < -0.3 is 9.63 Å². The van der Waals surface area contributed by atoms with Gasteiger partial charge in [-0.25, -0.2) is 0 Å². The van der Waals surface area contributed by atoms with Gasteiger partial charge in [-0.2, -0.15) is 0 Å². The van der Waals surface area contributed by atoms with Crippen LogP contribution in [0.1, 0.15) is 36.3 Å². The van der Waals surface area contributed by atoms with Crippen molar-refractivity contribution in [3.8, 4) is 0 Å². The summed E-state index contributed by atoms with van der Waals surface area (Å²) >= 11 is 0. The van der Waals surface area contributed by atoms with Crippen molar-refractivity contribution in [3.05, 3.63) is 17.0 Å². The standard InChI is InChI=1S/C12H20N2O2/c1-9-12(10(2)16-13-9)8-14(6-7-15)11-4-3-5-11/h11,15H,3-8H2,1-2H3. The summed E-state index contributed by atoms with van der Waals surface area (Å²) in [6.45, 7) is 5.75. The molecule has 0 amide bonds. The van der Waals surface area contributed by atoms with E-state index in [0.717, 1.165) is 24.5 Å². The normalized spacial score (nSPS) is 16.8. The minimum absolute atomic E-state index is 0.222. The van der Waals surface area contributed by atoms with Crippen molar-refractivity contribution in [2.45, 2.75) is 45.7 Å². The lowest BCUT2D eigenvalue weighted by Gasteiger charge is -2.37. The predicted molar refractivity (Wildman–Crippen MR) is 61.1 cm³/mol. The molecule has 4 nitrogen and oxygen atoms in total. The third kappa shape index (κ3) is 2.28. The summed E-state index contributed by atoms with van der Waals surface area (Å²) in [4.78, 5) is 2.34. The van der Waals surface area contributed by atoms with Crippen LogP contribution in [0, 0.1) is 13.8 Å². The van der Waals surface area contributed by atoms with Gasteiger partial charge in [0.1, 0.15) is 5.76 Å². The van der Waals surface area contributed by atoms with Gasteiger partial charge in [-0.1, -0.05) is 11.6 Å². The zero-order chi connectivity index (χ0) is 11.5. The molecule has 0 saturated heterocycles. The first-order chi connectivity index (χ1) is 7.72. The molecule has 0 aromatic carbocycles. The fourth-order valence-electron chi connectivity index (χ4n) is 2.20. The summed E-state index contributed by atoms with van der Waals surface area (Å²) < 4.78 is 5.17. The maximum Gasteiger partial charge on any atom is 0.138 e. The smallest absolute Gasteiger partial charge is 0.138 e. The second-order valence-electron chi connectivity index (χ2n) is 4.58. The number of hydrogen-bond acceptors (Lipinski definition) is 4. The van der Waals surface area contributed by atoms with Crippen LogP contribution >= 0.6 is 0 Å². The quantitative estimate of drug-likeness (QED) is 0.826. The number of aryl methyl sites for hydroxylation is 2. The second kappa shape index (κ2) is 4.97. The Hall–Kier alpha value is -0.870. The van der Waals surface area contributed by atoms with Crippen molar-refractivity contribution in [3.63, 3.8) is 0 Å². The Labute approximate surface area is 96.2 Å². The van der Waals surface area contributed by atoms with Crippen LogP contribution in [0.4, 0.5) is 0 Å². The minimum Gasteiger partial charge on any atom is -0.395 e. The topological polar surface area (TPSA) is 49.5 Å². The summed E-state index contributed by atoms with van der Waals surface area (Å²) in [7, 11) is 0. The molecule has 1 heterocycles. The third-order valence-corrected chi connectivity index (χ3v) is 3.52. The molecule has 1 N–H and O–H groups in total. The van der Waals surface area contributed by atoms with Gasteiger partial charge in [-0.3, -0.25) is 4.90 Å². The van der Waals surface area contributed by atoms with Crippen molar-refractivity contribution >= 4 is 0 Å². The molecule has 0 aliphatic heterocycles. The van der Waals surface area contributed by atoms with Gasteiger partial charge in [0.2, 0.25) is 0 Å². The second-order valence-corrected chi connectivity index (χ2v) is 4.58. The Balaban J connectivity index is 2.04. The predicted octanol–water partition coefficient (Wildman–Crippen LogP) is 1.64. The molecule has 1 aliphatic rings. The maximum atomic E-state index is 9.09. The molecule has 0 radical (unpaired) electrons. The first kappa shape index (κ1) is 11.6. The zero-order valence-electron chi connectivity index (χ0n) is 10.1. The summed E-state index contributed by atoms with van der Waals surface area (Å²) in [5, 5.41) is 13.1. The monoisotopic (exact) mass is 224 g/mol. The number of aliphatic hydroxyl groups is 1. The summed E-state index contributed by atoms with van der Waals surface area (Å²) in [6, 6.07) is 0.640. The molecule has 0 atom stereocenters. The highest BCUT2D eigenvalue weighted by atomic mass is 16.5. The molecule has 1 aromatic rings. The van der Waals surface area contributed by atoms with Gasteiger partial charge in [0.25, 0.3) is 0 Å². The van der Waals surface area contributed by atoms with E-state index in [0.29, 0.717) is 6.04 Å². The average Bonchev–Trinajstić information content (AvgIpc) is 2.47. The lowest BCUT2D eigenvalue weighted by molar-refractivity contribution is 0.0939. The van der Waals surface area contributed by atoms with E-state index < -0.39 is 0 Å². The highest BCUT2D eigenvalue weighted by molar-refractivity contribution is 5.20. The molecule has 90 valence electrons. The van der Waals surface area contributed by atoms with Crippen LogP contribution in [0.15, 0.2) is 4.52 Å². The highest BCUT2D eigenvalue weighted by Crippen LogP contribution is 2.27. The van der Waals surface area contributed by atoms with Gasteiger partial charge in [0.15, 0.2) is 0 Å². The van der Waals surface area contributed by atoms with Crippen LogP contribution in [0.2, 0.25) is 0 Å². The fraction of sp³-hybridized carbons (Fsp3) is 0.750. The molecule has 2 rings (SSSR count). The largest absolute Gasteiger partial charge is 0.395 e. The molecule has 1 saturated carbocycles. The average molecular weight is 224 g/mol. The summed E-state index contributed by atoms with van der Waals surface area (Å²) in [5.74, 6) is 0.903. The molecule has 4 heteroatoms. The first-order valence-corrected chi connectivity index (χ1v) is 5.99. The molecular weight excluding hydrogens is 204 g/mol. The third-order valence-electron chi connectivity index (χ3n) is 3.52. The van der Waals surface area contributed by atoms with Crippen LogP contribution in [-0.2, 0) is 6.54 Å². The zero-order valence-corrected chi connectivity index (χ0v) is 10.1. The van der Waals surface area contributed by atoms with Crippen molar-refractivity contribution in [2.75, 3.05) is 13.2 Å². The summed E-state index contributed by atoms with van der Waals surface area (Å²) in [5.41, 5.74) is 2.15. The van der Waals surface area contributed by atoms with Crippen molar-refractivity contribution in [1.29, 1.82) is 0 Å². The van der Waals surface area contributed by atoms with E-state index >= 15 is 0 Å². The Bertz CT molecular complexity index is 325. The van der Waals surface area contributed by atoms with Crippen molar-refractivity contribution < 1.29 is 9.63 Å². The summed E-state index contributed by atoms with van der Waals surface area (Å²) in [6.07, 6.45) is 3.82. The molecule has 0 unspecified atom stereocenters. The van der Waals surface area contributed by atoms with Crippen LogP contribution in [0.25, 0.3) is 0 Å². The number of nitrogens with zero attached hydrogens (tertiary/aromatic N) is 2. The molecule has 0 spiro atoms. The van der Waals surface area contributed by atoms with Crippen LogP contribution in [0.3, 0.4) is 0 Å². The maximum absolute atomic E-state index is 9.09. The van der Waals surface area contributed by atoms with E-state index in [1.807, 2.05) is 13.8 Å². The lowest BCUT2D eigenvalue weighted by atomic mass is 9.91. The van der Waals surface area contributed by atoms with Gasteiger partial charge >= 0.3 is 0 Å². The highest BCUT2D eigenvalue weighted by Gasteiger charge is 2.26. The molecule has 1 fully saturated rings. The minimum atomic E-state index is 0.222. The van der Waals surface area contributed by atoms with Gasteiger partial charge in [0, 0.05) is 24.7 Å². The van der Waals surface area contributed by atoms with E-state index in [1.165, 1.54) is 24.8 Å². The van der Waals surface area contributed by atoms with E-state index in [4.69, 9.17) is 9.63 Å². The Kier molecular flexibility index (Phi) is 3.61. The molecule has 1 aliphatic carbocycles. The number of rotatable bonds is 5. The SMILES string of the molecule is Cc1noc(C)c1CN(CCO)C1CCC1. The molecular formula is C12H20N2O2. The van der Waals surface area contributed by atoms with Crippen LogP contribution in [0.5, 0.6) is 0 Å². The van der Waals surface area contributed by atoms with E-state index in [9.17, 15) is 0 Å². The fourth-order valence-corrected chi connectivity index (χ4v) is 2.20. The van der Waals surface area contributed by atoms with Crippen LogP contribution < -0.4 is 0 Å². The molecule has 1 aromatic heterocycles. The van der Waals surface area contributed by atoms with E-state index in [1.54, 1.807) is 0 Å². The van der Waals surface area contributed by atoms with Gasteiger partial charge in [-0.15, -0.1) is 0 Å². The Morgan fingerprint density at radius 2 is 2.19 bits per heavy atom. The van der Waals surface area contributed by atoms with E-state index in [2.05, 4.69) is 10.1 Å². The lowest BCUT2D eigenvalue weighted by Crippen LogP contribution is -2.41. The first-order valence-electron chi connectivity index (χ1n) is 5.99. The van der Waals surface area contributed by atoms with E-state index in [-0.39, 0.29) is 6.61 Å². The number of hydrogen-bond donors (Lipinski definition) is 1. The number of aliphatic hydroxyl groups excluding tert-OH is 1. The van der Waals surface area contributed by atoms with Gasteiger partial charge in [-0.05, 0) is 26.7 Å².